The van der Waals surface area contributed by atoms with Gasteiger partial charge in [0, 0.05) is 125 Å². The molecule has 4 aliphatic heterocycles. The van der Waals surface area contributed by atoms with Gasteiger partial charge in [0.25, 0.3) is 0 Å². The molecule has 8 atom stereocenters. The van der Waals surface area contributed by atoms with Crippen molar-refractivity contribution in [1.82, 2.24) is 49.8 Å². The van der Waals surface area contributed by atoms with Crippen molar-refractivity contribution in [2.24, 2.45) is 29.4 Å². The minimum atomic E-state index is -0.945. The number of amides is 2. The fourth-order valence-corrected chi connectivity index (χ4v) is 10.1. The van der Waals surface area contributed by atoms with E-state index in [-0.39, 0.29) is 51.2 Å². The molecule has 4 saturated heterocycles. The lowest BCUT2D eigenvalue weighted by Gasteiger charge is -2.25. The van der Waals surface area contributed by atoms with Gasteiger partial charge in [-0.3, -0.25) is 63.6 Å². The number of nitrogens with one attached hydrogen (secondary N) is 1. The van der Waals surface area contributed by atoms with Crippen LogP contribution in [0.15, 0.2) is 123 Å². The number of aldehydes is 1. The van der Waals surface area contributed by atoms with Gasteiger partial charge >= 0.3 is 11.9 Å². The van der Waals surface area contributed by atoms with Crippen LogP contribution >= 0.6 is 0 Å². The molecular weight excluding hydrogens is 943 g/mol. The highest BCUT2D eigenvalue weighted by Gasteiger charge is 2.43. The molecule has 5 aromatic rings. The number of carboxylic acid groups (broad SMARTS) is 2. The third-order valence-corrected chi connectivity index (χ3v) is 13.8. The van der Waals surface area contributed by atoms with E-state index in [9.17, 15) is 29.1 Å². The van der Waals surface area contributed by atoms with E-state index < -0.39 is 23.9 Å². The highest BCUT2D eigenvalue weighted by atomic mass is 16.4. The van der Waals surface area contributed by atoms with Crippen molar-refractivity contribution in [2.45, 2.75) is 70.1 Å². The first-order valence-electron chi connectivity index (χ1n) is 24.6. The molecule has 4 fully saturated rings. The monoisotopic (exact) mass is 1020 g/mol. The van der Waals surface area contributed by atoms with Crippen LogP contribution in [0, 0.1) is 23.7 Å². The normalized spacial score (nSPS) is 23.2. The molecule has 2 amide bonds. The first kappa shape index (κ1) is 59.7. The van der Waals surface area contributed by atoms with E-state index in [0.29, 0.717) is 41.9 Å². The van der Waals surface area contributed by atoms with E-state index in [1.54, 1.807) is 62.3 Å². The van der Waals surface area contributed by atoms with Gasteiger partial charge in [0.15, 0.2) is 6.29 Å². The standard InChI is InChI=1S/C15H21N3O3.C11H17N3.C11H12N2O3.C11H16N2O.C6H5NO.CH4/c1-18-8-6-12(10-17-13(19)4-5-14(20)21)15(18)11-3-2-7-16-9-11;1-14-6-4-9(7-12)11(14)10-3-2-5-13-8-10;1-13-9(14)5-8(11(15)16)10(13)7-3-2-4-12-6-7;1-13-6-4-10(8-14)11(13)9-3-2-5-12-7-9;8-5-6-2-1-3-7-4-6;/h2-3,7,9,12,15H,4-6,8,10H2,1H3,(H,17,19)(H,20,21);2-3,5,8-9,11H,4,6-7,12H2,1H3;2-4,6,8,10H,5H2,1H3,(H,15,16);2-3,5,7,10-11,14H,4,6,8H2,1H3;1-5H;1H4/t12-,15?;9-,11?;8-,10?;10-,11?;;/m1101../s1. The molecule has 0 bridgehead atoms. The number of aromatic nitrogens is 5. The van der Waals surface area contributed by atoms with Crippen molar-refractivity contribution < 1.29 is 39.3 Å². The van der Waals surface area contributed by atoms with Crippen LogP contribution < -0.4 is 11.1 Å². The first-order valence-corrected chi connectivity index (χ1v) is 24.6. The van der Waals surface area contributed by atoms with Crippen molar-refractivity contribution >= 4 is 30.0 Å². The summed E-state index contributed by atoms with van der Waals surface area (Å²) < 4.78 is 0. The Morgan fingerprint density at radius 1 is 0.635 bits per heavy atom. The van der Waals surface area contributed by atoms with E-state index in [4.69, 9.17) is 15.9 Å². The van der Waals surface area contributed by atoms with E-state index >= 15 is 0 Å². The number of nitrogens with zero attached hydrogens (tertiary/aromatic N) is 9. The highest BCUT2D eigenvalue weighted by molar-refractivity contribution is 5.87. The van der Waals surface area contributed by atoms with E-state index in [1.165, 1.54) is 28.6 Å². The molecule has 19 heteroatoms. The van der Waals surface area contributed by atoms with Crippen LogP contribution in [-0.4, -0.2) is 157 Å². The minimum Gasteiger partial charge on any atom is -0.481 e. The number of aliphatic hydroxyl groups is 1. The lowest BCUT2D eigenvalue weighted by Crippen LogP contribution is -2.32. The summed E-state index contributed by atoms with van der Waals surface area (Å²) in [5, 5.41) is 29.8. The molecule has 5 aromatic heterocycles. The van der Waals surface area contributed by atoms with Crippen LogP contribution in [0.4, 0.5) is 0 Å². The number of hydrogen-bond acceptors (Lipinski definition) is 15. The molecule has 9 heterocycles. The number of carbonyl (C=O) groups excluding carboxylic acids is 3. The molecule has 0 aliphatic carbocycles. The Labute approximate surface area is 435 Å². The number of carboxylic acids is 2. The summed E-state index contributed by atoms with van der Waals surface area (Å²) in [6.07, 6.45) is 21.5. The SMILES string of the molecule is C.CN1C(=O)C[C@H](C(=O)O)C1c1cccnc1.CN1CC[C@H](CN)C1c1cccnc1.CN1CC[C@H](CNC(=O)CCC(=O)O)C1c1cccnc1.CN1CC[C@H](CO)C1c1cccnc1.O=Cc1cccnc1. The lowest BCUT2D eigenvalue weighted by atomic mass is 9.94. The zero-order chi connectivity index (χ0) is 52.7. The molecule has 74 heavy (non-hydrogen) atoms. The number of aliphatic hydroxyl groups excluding tert-OH is 1. The Hall–Kier alpha value is -6.90. The fraction of sp³-hybridized carbons (Fsp3) is 0.455. The van der Waals surface area contributed by atoms with Gasteiger partial charge in [-0.2, -0.15) is 0 Å². The third-order valence-electron chi connectivity index (χ3n) is 13.8. The lowest BCUT2D eigenvalue weighted by molar-refractivity contribution is -0.142. The Morgan fingerprint density at radius 3 is 1.43 bits per heavy atom. The van der Waals surface area contributed by atoms with Crippen LogP contribution in [-0.2, 0) is 19.2 Å². The zero-order valence-electron chi connectivity index (χ0n) is 42.2. The van der Waals surface area contributed by atoms with Gasteiger partial charge < -0.3 is 31.3 Å². The Kier molecular flexibility index (Phi) is 25.0. The number of hydrogen-bond donors (Lipinski definition) is 5. The summed E-state index contributed by atoms with van der Waals surface area (Å²) in [4.78, 5) is 83.2. The molecule has 9 rings (SSSR count). The quantitative estimate of drug-likeness (QED) is 0.0929. The zero-order valence-corrected chi connectivity index (χ0v) is 42.2. The average Bonchev–Trinajstić information content (AvgIpc) is 4.19. The summed E-state index contributed by atoms with van der Waals surface area (Å²) in [6, 6.07) is 19.8. The summed E-state index contributed by atoms with van der Waals surface area (Å²) in [5.41, 5.74) is 10.8. The van der Waals surface area contributed by atoms with Gasteiger partial charge in [0.05, 0.1) is 18.4 Å². The maximum absolute atomic E-state index is 11.6. The second kappa shape index (κ2) is 31.0. The molecule has 4 unspecified atom stereocenters. The van der Waals surface area contributed by atoms with Gasteiger partial charge in [0.2, 0.25) is 11.8 Å². The van der Waals surface area contributed by atoms with E-state index in [1.807, 2.05) is 43.0 Å². The predicted octanol–water partition coefficient (Wildman–Crippen LogP) is 5.37. The van der Waals surface area contributed by atoms with Gasteiger partial charge in [-0.1, -0.05) is 31.7 Å². The van der Waals surface area contributed by atoms with Crippen LogP contribution in [0.25, 0.3) is 0 Å². The van der Waals surface area contributed by atoms with Crippen LogP contribution in [0.1, 0.15) is 103 Å². The van der Waals surface area contributed by atoms with Crippen molar-refractivity contribution in [3.05, 3.63) is 150 Å². The number of likely N-dealkylation sites (tertiary alicyclic amines) is 4. The molecule has 398 valence electrons. The summed E-state index contributed by atoms with van der Waals surface area (Å²) in [7, 11) is 7.97. The van der Waals surface area contributed by atoms with Crippen molar-refractivity contribution in [2.75, 3.05) is 67.5 Å². The Bertz CT molecular complexity index is 2370. The largest absolute Gasteiger partial charge is 0.481 e. The molecule has 0 aromatic carbocycles. The second-order valence-electron chi connectivity index (χ2n) is 18.7. The van der Waals surface area contributed by atoms with Crippen molar-refractivity contribution in [3.63, 3.8) is 0 Å². The maximum Gasteiger partial charge on any atom is 0.309 e. The van der Waals surface area contributed by atoms with Gasteiger partial charge in [-0.15, -0.1) is 0 Å². The van der Waals surface area contributed by atoms with Crippen molar-refractivity contribution in [3.8, 4) is 0 Å². The number of pyridine rings is 5. The van der Waals surface area contributed by atoms with Crippen LogP contribution in [0.5, 0.6) is 0 Å². The fourth-order valence-electron chi connectivity index (χ4n) is 10.1. The smallest absolute Gasteiger partial charge is 0.309 e. The number of rotatable bonds is 13. The molecular formula is C55H75N11O8. The van der Waals surface area contributed by atoms with E-state index in [0.717, 1.165) is 56.4 Å². The Balaban J connectivity index is 0.000000205. The first-order chi connectivity index (χ1) is 35.3. The number of aliphatic carboxylic acids is 2. The number of nitrogens with two attached hydrogens (primary N) is 1. The minimum absolute atomic E-state index is 0. The van der Waals surface area contributed by atoms with Gasteiger partial charge in [-0.05, 0) is 137 Å². The molecule has 0 saturated carbocycles. The van der Waals surface area contributed by atoms with Gasteiger partial charge in [-0.25, -0.2) is 0 Å². The average molecular weight is 1020 g/mol. The van der Waals surface area contributed by atoms with Crippen LogP contribution in [0.2, 0.25) is 0 Å². The Morgan fingerprint density at radius 2 is 1.05 bits per heavy atom. The molecule has 0 radical (unpaired) electrons. The summed E-state index contributed by atoms with van der Waals surface area (Å²) >= 11 is 0. The molecule has 19 nitrogen and oxygen atoms in total. The maximum atomic E-state index is 11.6. The second-order valence-corrected chi connectivity index (χ2v) is 18.7. The topological polar surface area (TPSA) is 261 Å². The predicted molar refractivity (Wildman–Crippen MR) is 281 cm³/mol. The molecule has 4 aliphatic rings. The van der Waals surface area contributed by atoms with Crippen LogP contribution in [0.3, 0.4) is 0 Å². The van der Waals surface area contributed by atoms with Crippen molar-refractivity contribution in [1.29, 1.82) is 0 Å². The molecule has 6 N–H and O–H groups in total. The molecule has 0 spiro atoms. The third kappa shape index (κ3) is 17.4. The number of carbonyl (C=O) groups is 5. The summed E-state index contributed by atoms with van der Waals surface area (Å²) in [5.74, 6) is -1.62. The van der Waals surface area contributed by atoms with E-state index in [2.05, 4.69) is 84.3 Å². The highest BCUT2D eigenvalue weighted by Crippen LogP contribution is 2.38. The van der Waals surface area contributed by atoms with Gasteiger partial charge in [0.1, 0.15) is 0 Å². The summed E-state index contributed by atoms with van der Waals surface area (Å²) in [6.45, 7) is 4.79.